The molecule has 4 aromatic rings. The molecule has 4 aromatic carbocycles. The zero-order valence-corrected chi connectivity index (χ0v) is 25.4. The maximum atomic E-state index is 11.1. The van der Waals surface area contributed by atoms with Crippen molar-refractivity contribution in [3.8, 4) is 46.0 Å². The third-order valence-corrected chi connectivity index (χ3v) is 5.66. The van der Waals surface area contributed by atoms with Gasteiger partial charge >= 0.3 is 5.69 Å². The summed E-state index contributed by atoms with van der Waals surface area (Å²) in [6.45, 7) is 5.84. The maximum absolute atomic E-state index is 11.1. The second-order valence-corrected chi connectivity index (χ2v) is 8.82. The number of benzene rings is 4. The molecule has 0 bridgehead atoms. The van der Waals surface area contributed by atoms with Crippen molar-refractivity contribution in [2.75, 3.05) is 40.8 Å². The molecule has 4 rings (SSSR count). The predicted octanol–water partition coefficient (Wildman–Crippen LogP) is 8.37. The average Bonchev–Trinajstić information content (AvgIpc) is 3.00. The van der Waals surface area contributed by atoms with Crippen molar-refractivity contribution in [3.63, 3.8) is 0 Å². The second-order valence-electron chi connectivity index (χ2n) is 8.82. The molecule has 0 radical (unpaired) electrons. The lowest BCUT2D eigenvalue weighted by Gasteiger charge is -2.13. The van der Waals surface area contributed by atoms with Gasteiger partial charge < -0.3 is 39.3 Å². The lowest BCUT2D eigenvalue weighted by atomic mass is 10.2. The topological polar surface area (TPSA) is 145 Å². The Morgan fingerprint density at radius 2 is 1.07 bits per heavy atom. The molecule has 0 saturated carbocycles. The first kappa shape index (κ1) is 39.8. The molecule has 0 saturated heterocycles. The van der Waals surface area contributed by atoms with E-state index in [1.165, 1.54) is 32.4 Å². The van der Waals surface area contributed by atoms with Crippen molar-refractivity contribution in [1.82, 2.24) is 0 Å². The van der Waals surface area contributed by atoms with Crippen molar-refractivity contribution in [3.05, 3.63) is 94.0 Å². The van der Waals surface area contributed by atoms with Crippen molar-refractivity contribution in [1.29, 1.82) is 0 Å². The highest BCUT2D eigenvalue weighted by Gasteiger charge is 2.18. The van der Waals surface area contributed by atoms with E-state index in [2.05, 4.69) is 0 Å². The Hall–Kier alpha value is -5.16. The lowest BCUT2D eigenvalue weighted by molar-refractivity contribution is -0.385. The lowest BCUT2D eigenvalue weighted by Crippen LogP contribution is -1.96. The number of aliphatic hydroxyl groups excluding tert-OH is 1. The van der Waals surface area contributed by atoms with E-state index in [4.69, 9.17) is 39.3 Å². The fourth-order valence-corrected chi connectivity index (χ4v) is 3.54. The number of ether oxygens (including phenoxy) is 6. The van der Waals surface area contributed by atoms with Gasteiger partial charge in [-0.25, -0.2) is 0 Å². The third kappa shape index (κ3) is 11.8. The Balaban J connectivity index is 0.000000763. The number of anilines is 1. The minimum atomic E-state index is -0.505. The highest BCUT2D eigenvalue weighted by atomic mass is 16.6. The Labute approximate surface area is 266 Å². The molecule has 0 aromatic heterocycles. The highest BCUT2D eigenvalue weighted by Crippen LogP contribution is 2.39. The van der Waals surface area contributed by atoms with E-state index in [1.807, 2.05) is 38.1 Å². The van der Waals surface area contributed by atoms with Crippen LogP contribution in [-0.4, -0.2) is 45.1 Å². The molecule has 45 heavy (non-hydrogen) atoms. The molecule has 246 valence electrons. The van der Waals surface area contributed by atoms with Crippen molar-refractivity contribution in [2.45, 2.75) is 35.6 Å². The van der Waals surface area contributed by atoms with Gasteiger partial charge in [-0.3, -0.25) is 10.1 Å². The predicted molar refractivity (Wildman–Crippen MR) is 179 cm³/mol. The fraction of sp³-hybridized carbons (Fsp3) is 0.294. The first-order valence-corrected chi connectivity index (χ1v) is 13.1. The molecule has 0 aliphatic carbocycles. The van der Waals surface area contributed by atoms with E-state index < -0.39 is 4.92 Å². The number of rotatable bonds is 9. The van der Waals surface area contributed by atoms with Crippen molar-refractivity contribution >= 4 is 11.4 Å². The van der Waals surface area contributed by atoms with Gasteiger partial charge in [-0.05, 0) is 74.4 Å². The first-order chi connectivity index (χ1) is 20.6. The molecule has 0 aliphatic rings. The number of methoxy groups -OCH3 is 4. The number of nitro benzene ring substituents is 1. The number of hydrogen-bond acceptors (Lipinski definition) is 10. The quantitative estimate of drug-likeness (QED) is 0.106. The zero-order valence-electron chi connectivity index (χ0n) is 25.4. The monoisotopic (exact) mass is 626 g/mol. The summed E-state index contributed by atoms with van der Waals surface area (Å²) in [4.78, 5) is 10.6. The molecule has 3 N–H and O–H groups in total. The molecule has 0 aliphatic heterocycles. The number of nitrogens with two attached hydrogens (primary N) is 1. The standard InChI is InChI=1S/C15H15NO5.C15H17NO3.C2H6O.2CH4/c1-10-4-7-13(15(8-10)20-3)21-14-9-11(19-2)5-6-12(14)16(17)18;1-10-4-7-13(15(8-10)18-3)19-14-9-11(17-2)5-6-12(14)16;1-2-3;;/h4-9H,1-3H3;4-9H,16H2,1-3H3;3H,2H2,1H3;2*1H4. The SMILES string of the molecule is C.C.CCO.COc1ccc(N)c(Oc2ccc(C)cc2OC)c1.COc1ccc([N+](=O)[O-])c(Oc2ccc(C)cc2OC)c1. The van der Waals surface area contributed by atoms with Gasteiger partial charge in [0.15, 0.2) is 28.7 Å². The van der Waals surface area contributed by atoms with Gasteiger partial charge in [-0.15, -0.1) is 0 Å². The van der Waals surface area contributed by atoms with Gasteiger partial charge in [0.1, 0.15) is 11.5 Å². The van der Waals surface area contributed by atoms with Gasteiger partial charge in [0.2, 0.25) is 5.75 Å². The second kappa shape index (κ2) is 19.9. The fourth-order valence-electron chi connectivity index (χ4n) is 3.54. The van der Waals surface area contributed by atoms with E-state index >= 15 is 0 Å². The van der Waals surface area contributed by atoms with Crippen molar-refractivity contribution < 1.29 is 38.5 Å². The Kier molecular flexibility index (Phi) is 17.6. The maximum Gasteiger partial charge on any atom is 0.311 e. The van der Waals surface area contributed by atoms with Crippen LogP contribution in [0.4, 0.5) is 11.4 Å². The van der Waals surface area contributed by atoms with Crippen LogP contribution in [0, 0.1) is 24.0 Å². The molecule has 11 heteroatoms. The van der Waals surface area contributed by atoms with Crippen LogP contribution in [0.1, 0.15) is 32.9 Å². The van der Waals surface area contributed by atoms with Crippen LogP contribution in [0.5, 0.6) is 46.0 Å². The van der Waals surface area contributed by atoms with Crippen LogP contribution < -0.4 is 34.2 Å². The Bertz CT molecular complexity index is 1490. The summed E-state index contributed by atoms with van der Waals surface area (Å²) in [5.74, 6) is 4.00. The van der Waals surface area contributed by atoms with Crippen LogP contribution in [-0.2, 0) is 0 Å². The summed E-state index contributed by atoms with van der Waals surface area (Å²) in [6.07, 6.45) is 0. The minimum absolute atomic E-state index is 0. The largest absolute Gasteiger partial charge is 0.497 e. The number of hydrogen-bond donors (Lipinski definition) is 2. The molecular weight excluding hydrogens is 580 g/mol. The van der Waals surface area contributed by atoms with E-state index in [9.17, 15) is 10.1 Å². The minimum Gasteiger partial charge on any atom is -0.497 e. The van der Waals surface area contributed by atoms with Crippen LogP contribution >= 0.6 is 0 Å². The first-order valence-electron chi connectivity index (χ1n) is 13.1. The number of nitrogen functional groups attached to an aromatic ring is 1. The summed E-state index contributed by atoms with van der Waals surface area (Å²) in [6, 6.07) is 20.7. The molecular formula is C34H46N2O9. The summed E-state index contributed by atoms with van der Waals surface area (Å²) in [5, 5.41) is 18.6. The smallest absolute Gasteiger partial charge is 0.311 e. The van der Waals surface area contributed by atoms with Gasteiger partial charge in [0.25, 0.3) is 0 Å². The number of nitro groups is 1. The normalized spacial score (nSPS) is 9.33. The summed E-state index contributed by atoms with van der Waals surface area (Å²) in [5.41, 5.74) is 8.40. The zero-order chi connectivity index (χ0) is 31.9. The average molecular weight is 627 g/mol. The van der Waals surface area contributed by atoms with Gasteiger partial charge in [0, 0.05) is 24.8 Å². The summed E-state index contributed by atoms with van der Waals surface area (Å²) >= 11 is 0. The Morgan fingerprint density at radius 1 is 0.644 bits per heavy atom. The Morgan fingerprint density at radius 3 is 1.49 bits per heavy atom. The molecule has 0 spiro atoms. The van der Waals surface area contributed by atoms with E-state index in [-0.39, 0.29) is 32.9 Å². The molecule has 0 heterocycles. The third-order valence-electron chi connectivity index (χ3n) is 5.66. The van der Waals surface area contributed by atoms with Crippen LogP contribution in [0.3, 0.4) is 0 Å². The molecule has 0 atom stereocenters. The summed E-state index contributed by atoms with van der Waals surface area (Å²) < 4.78 is 32.2. The molecule has 0 fully saturated rings. The van der Waals surface area contributed by atoms with E-state index in [0.717, 1.165) is 11.1 Å². The molecule has 0 unspecified atom stereocenters. The van der Waals surface area contributed by atoms with Crippen LogP contribution in [0.2, 0.25) is 0 Å². The molecule has 0 amide bonds. The number of aliphatic hydroxyl groups is 1. The number of nitrogens with zero attached hydrogens (tertiary/aromatic N) is 1. The van der Waals surface area contributed by atoms with Gasteiger partial charge in [0.05, 0.1) is 39.0 Å². The molecule has 11 nitrogen and oxygen atoms in total. The van der Waals surface area contributed by atoms with Gasteiger partial charge in [-0.2, -0.15) is 0 Å². The van der Waals surface area contributed by atoms with Crippen LogP contribution in [0.15, 0.2) is 72.8 Å². The number of aryl methyl sites for hydroxylation is 2. The van der Waals surface area contributed by atoms with Crippen LogP contribution in [0.25, 0.3) is 0 Å². The summed E-state index contributed by atoms with van der Waals surface area (Å²) in [7, 11) is 6.21. The van der Waals surface area contributed by atoms with E-state index in [0.29, 0.717) is 45.9 Å². The van der Waals surface area contributed by atoms with E-state index in [1.54, 1.807) is 51.5 Å². The highest BCUT2D eigenvalue weighted by molar-refractivity contribution is 5.58. The van der Waals surface area contributed by atoms with Crippen molar-refractivity contribution in [2.24, 2.45) is 0 Å². The van der Waals surface area contributed by atoms with Gasteiger partial charge in [-0.1, -0.05) is 27.0 Å².